The molecule has 0 spiro atoms. The molecule has 0 saturated carbocycles. The summed E-state index contributed by atoms with van der Waals surface area (Å²) in [7, 11) is 0. The molecule has 0 fully saturated rings. The lowest BCUT2D eigenvalue weighted by Gasteiger charge is -2.08. The van der Waals surface area contributed by atoms with E-state index in [1.165, 1.54) is 18.5 Å². The first-order valence-corrected chi connectivity index (χ1v) is 12.4. The van der Waals surface area contributed by atoms with E-state index < -0.39 is 11.9 Å². The number of nitrogens with one attached hydrogen (secondary N) is 2. The smallest absolute Gasteiger partial charge is 0.379 e. The van der Waals surface area contributed by atoms with E-state index in [-0.39, 0.29) is 17.2 Å². The average molecular weight is 597 g/mol. The van der Waals surface area contributed by atoms with E-state index in [0.29, 0.717) is 32.3 Å². The van der Waals surface area contributed by atoms with Crippen molar-refractivity contribution in [3.8, 4) is 16.9 Å². The fourth-order valence-corrected chi connectivity index (χ4v) is 4.53. The van der Waals surface area contributed by atoms with Crippen LogP contribution in [-0.2, 0) is 0 Å². The number of fused-ring (bicyclic) bond motifs is 1. The Labute approximate surface area is 229 Å². The van der Waals surface area contributed by atoms with E-state index in [1.807, 2.05) is 18.2 Å². The maximum atomic E-state index is 13.2. The molecule has 0 atom stereocenters. The van der Waals surface area contributed by atoms with Crippen molar-refractivity contribution in [2.75, 3.05) is 0 Å². The molecule has 0 radical (unpaired) electrons. The largest absolute Gasteiger partial charge is 0.457 e. The van der Waals surface area contributed by atoms with Crippen molar-refractivity contribution >= 4 is 68.1 Å². The third-order valence-corrected chi connectivity index (χ3v) is 6.46. The number of hydrogen-bond donors (Lipinski definition) is 2. The minimum Gasteiger partial charge on any atom is -0.457 e. The molecular weight excluding hydrogens is 581 g/mol. The molecule has 0 saturated heterocycles. The van der Waals surface area contributed by atoms with Gasteiger partial charge in [0, 0.05) is 42.1 Å². The number of carbonyl (C=O) groups excluding carboxylic acids is 2. The number of aromatic amines is 1. The van der Waals surface area contributed by atoms with E-state index in [2.05, 4.69) is 31.4 Å². The van der Waals surface area contributed by atoms with Gasteiger partial charge in [-0.1, -0.05) is 57.3 Å². The highest BCUT2D eigenvalue weighted by Gasteiger charge is 2.21. The van der Waals surface area contributed by atoms with Gasteiger partial charge in [0.1, 0.15) is 11.4 Å². The number of ether oxygens (including phenoxy) is 1. The summed E-state index contributed by atoms with van der Waals surface area (Å²) in [5, 5.41) is 5.85. The predicted molar refractivity (Wildman–Crippen MR) is 147 cm³/mol. The predicted octanol–water partition coefficient (Wildman–Crippen LogP) is 7.48. The van der Waals surface area contributed by atoms with Crippen LogP contribution >= 0.6 is 39.1 Å². The van der Waals surface area contributed by atoms with Gasteiger partial charge in [-0.15, -0.1) is 0 Å². The van der Waals surface area contributed by atoms with E-state index in [4.69, 9.17) is 32.4 Å². The number of hydrazone groups is 1. The molecule has 1 amide bonds. The molecule has 3 aromatic carbocycles. The molecule has 7 nitrogen and oxygen atoms in total. The van der Waals surface area contributed by atoms with Crippen LogP contribution < -0.4 is 10.2 Å². The molecule has 0 aliphatic heterocycles. The van der Waals surface area contributed by atoms with Gasteiger partial charge in [-0.25, -0.2) is 10.2 Å². The van der Waals surface area contributed by atoms with Gasteiger partial charge in [-0.2, -0.15) is 5.10 Å². The Balaban J connectivity index is 1.44. The highest BCUT2D eigenvalue weighted by atomic mass is 79.9. The van der Waals surface area contributed by atoms with E-state index in [1.54, 1.807) is 48.5 Å². The van der Waals surface area contributed by atoms with Gasteiger partial charge in [0.2, 0.25) is 5.76 Å². The van der Waals surface area contributed by atoms with Gasteiger partial charge in [0.05, 0.1) is 12.5 Å². The van der Waals surface area contributed by atoms with Crippen LogP contribution in [-0.4, -0.2) is 23.1 Å². The fourth-order valence-electron chi connectivity index (χ4n) is 3.75. The van der Waals surface area contributed by atoms with Gasteiger partial charge >= 0.3 is 5.97 Å². The molecule has 0 aliphatic carbocycles. The van der Waals surface area contributed by atoms with Crippen molar-refractivity contribution in [1.29, 1.82) is 0 Å². The molecule has 0 unspecified atom stereocenters. The molecule has 10 heteroatoms. The number of rotatable bonds is 6. The quantitative estimate of drug-likeness (QED) is 0.0919. The maximum absolute atomic E-state index is 13.2. The van der Waals surface area contributed by atoms with E-state index in [0.717, 1.165) is 9.86 Å². The number of carbonyl (C=O) groups is 2. The molecule has 0 aliphatic rings. The van der Waals surface area contributed by atoms with Crippen molar-refractivity contribution in [1.82, 2.24) is 10.4 Å². The maximum Gasteiger partial charge on any atom is 0.379 e. The first-order valence-electron chi connectivity index (χ1n) is 10.9. The molecule has 5 rings (SSSR count). The second kappa shape index (κ2) is 10.6. The van der Waals surface area contributed by atoms with Crippen molar-refractivity contribution in [3.05, 3.63) is 111 Å². The number of H-pyrrole nitrogens is 1. The molecular formula is C27H16BrCl2N3O4. The third-order valence-electron chi connectivity index (χ3n) is 5.40. The number of halogens is 3. The van der Waals surface area contributed by atoms with Crippen molar-refractivity contribution in [3.63, 3.8) is 0 Å². The Morgan fingerprint density at radius 3 is 2.65 bits per heavy atom. The van der Waals surface area contributed by atoms with Gasteiger partial charge in [-0.05, 0) is 54.6 Å². The van der Waals surface area contributed by atoms with E-state index in [9.17, 15) is 9.59 Å². The molecule has 184 valence electrons. The Kier molecular flexibility index (Phi) is 7.14. The van der Waals surface area contributed by atoms with Gasteiger partial charge in [0.25, 0.3) is 5.91 Å². The first-order chi connectivity index (χ1) is 17.9. The van der Waals surface area contributed by atoms with Crippen LogP contribution in [0.15, 0.2) is 93.1 Å². The normalized spacial score (nSPS) is 11.2. The zero-order valence-corrected chi connectivity index (χ0v) is 21.9. The van der Waals surface area contributed by atoms with Crippen LogP contribution in [0, 0.1) is 0 Å². The lowest BCUT2D eigenvalue weighted by atomic mass is 10.0. The first kappa shape index (κ1) is 24.8. The Hall–Kier alpha value is -3.85. The Morgan fingerprint density at radius 2 is 1.86 bits per heavy atom. The second-order valence-electron chi connectivity index (χ2n) is 7.79. The van der Waals surface area contributed by atoms with Crippen molar-refractivity contribution < 1.29 is 18.7 Å². The van der Waals surface area contributed by atoms with Crippen LogP contribution in [0.25, 0.3) is 22.0 Å². The van der Waals surface area contributed by atoms with Gasteiger partial charge in [-0.3, -0.25) is 4.79 Å². The van der Waals surface area contributed by atoms with Crippen LogP contribution in [0.3, 0.4) is 0 Å². The monoisotopic (exact) mass is 595 g/mol. The van der Waals surface area contributed by atoms with Crippen LogP contribution in [0.2, 0.25) is 10.0 Å². The van der Waals surface area contributed by atoms with Gasteiger partial charge < -0.3 is 14.1 Å². The van der Waals surface area contributed by atoms with Gasteiger partial charge in [0.15, 0.2) is 0 Å². The lowest BCUT2D eigenvalue weighted by molar-refractivity contribution is 0.0700. The number of furan rings is 1. The highest BCUT2D eigenvalue weighted by molar-refractivity contribution is 9.10. The summed E-state index contributed by atoms with van der Waals surface area (Å²) in [6.45, 7) is 0. The Bertz CT molecular complexity index is 1660. The van der Waals surface area contributed by atoms with Crippen LogP contribution in [0.4, 0.5) is 0 Å². The number of hydrogen-bond acceptors (Lipinski definition) is 5. The van der Waals surface area contributed by atoms with Crippen molar-refractivity contribution in [2.24, 2.45) is 5.10 Å². The lowest BCUT2D eigenvalue weighted by Crippen LogP contribution is -2.19. The second-order valence-corrected chi connectivity index (χ2v) is 9.55. The number of nitrogens with zero attached hydrogens (tertiary/aromatic N) is 1. The number of amides is 1. The molecule has 2 heterocycles. The van der Waals surface area contributed by atoms with Crippen LogP contribution in [0.1, 0.15) is 26.6 Å². The topological polar surface area (TPSA) is 96.7 Å². The average Bonchev–Trinajstić information content (AvgIpc) is 3.54. The molecule has 0 bridgehead atoms. The minimum absolute atomic E-state index is 0.0603. The zero-order chi connectivity index (χ0) is 25.9. The summed E-state index contributed by atoms with van der Waals surface area (Å²) in [5.41, 5.74) is 5.23. The zero-order valence-electron chi connectivity index (χ0n) is 18.8. The van der Waals surface area contributed by atoms with Crippen LogP contribution in [0.5, 0.6) is 5.75 Å². The summed E-state index contributed by atoms with van der Waals surface area (Å²) >= 11 is 16.1. The summed E-state index contributed by atoms with van der Waals surface area (Å²) < 4.78 is 11.3. The molecule has 2 aromatic heterocycles. The standard InChI is InChI=1S/C27H16BrCl2N3O4/c28-16-7-10-22(37-27(35)23-6-3-11-36-23)15(12-16)14-31-33-26(34)25-24(18-4-1-2-5-20(18)30)19-13-17(29)8-9-21(19)32-25/h1-14,32H,(H,33,34). The van der Waals surface area contributed by atoms with Crippen molar-refractivity contribution in [2.45, 2.75) is 0 Å². The molecule has 2 N–H and O–H groups in total. The number of aromatic nitrogens is 1. The fraction of sp³-hybridized carbons (Fsp3) is 0. The summed E-state index contributed by atoms with van der Waals surface area (Å²) in [6, 6.07) is 20.6. The Morgan fingerprint density at radius 1 is 1.03 bits per heavy atom. The number of esters is 1. The summed E-state index contributed by atoms with van der Waals surface area (Å²) in [6.07, 6.45) is 2.76. The third kappa shape index (κ3) is 5.32. The van der Waals surface area contributed by atoms with E-state index >= 15 is 0 Å². The highest BCUT2D eigenvalue weighted by Crippen LogP contribution is 2.37. The number of benzene rings is 3. The summed E-state index contributed by atoms with van der Waals surface area (Å²) in [5.74, 6) is -0.862. The summed E-state index contributed by atoms with van der Waals surface area (Å²) in [4.78, 5) is 28.7. The minimum atomic E-state index is -0.660. The molecule has 5 aromatic rings. The SMILES string of the molecule is O=C(Oc1ccc(Br)cc1C=NNC(=O)c1[nH]c2ccc(Cl)cc2c1-c1ccccc1Cl)c1ccco1. The molecule has 37 heavy (non-hydrogen) atoms.